The molecule has 0 saturated carbocycles. The Kier molecular flexibility index (Phi) is 5.37. The van der Waals surface area contributed by atoms with Gasteiger partial charge in [-0.15, -0.1) is 0 Å². The van der Waals surface area contributed by atoms with Crippen LogP contribution in [0.15, 0.2) is 29.5 Å². The third-order valence-corrected chi connectivity index (χ3v) is 4.47. The van der Waals surface area contributed by atoms with Crippen molar-refractivity contribution in [3.8, 4) is 11.3 Å². The number of carbonyl (C=O) groups is 2. The topological polar surface area (TPSA) is 115 Å². The number of hydrogen-bond donors (Lipinski definition) is 3. The Morgan fingerprint density at radius 1 is 1.29 bits per heavy atom. The van der Waals surface area contributed by atoms with Gasteiger partial charge < -0.3 is 10.2 Å². The molecule has 0 saturated heterocycles. The van der Waals surface area contributed by atoms with Gasteiger partial charge in [0, 0.05) is 22.7 Å². The quantitative estimate of drug-likeness (QED) is 0.539. The maximum Gasteiger partial charge on any atom is 0.318 e. The summed E-state index contributed by atoms with van der Waals surface area (Å²) in [6.45, 7) is 6.86. The van der Waals surface area contributed by atoms with Crippen molar-refractivity contribution in [1.82, 2.24) is 25.4 Å². The highest BCUT2D eigenvalue weighted by Gasteiger charge is 2.31. The molecule has 0 fully saturated rings. The molecule has 2 heterocycles. The maximum absolute atomic E-state index is 12.6. The second kappa shape index (κ2) is 7.59. The van der Waals surface area contributed by atoms with Crippen molar-refractivity contribution in [2.45, 2.75) is 39.4 Å². The van der Waals surface area contributed by atoms with Gasteiger partial charge in [0.2, 0.25) is 0 Å². The summed E-state index contributed by atoms with van der Waals surface area (Å²) in [5.74, 6) is -0.552. The summed E-state index contributed by atoms with van der Waals surface area (Å²) >= 11 is 6.10. The Morgan fingerprint density at radius 2 is 2.04 bits per heavy atom. The smallest absolute Gasteiger partial charge is 0.318 e. The van der Waals surface area contributed by atoms with Gasteiger partial charge >= 0.3 is 6.03 Å². The molecule has 0 unspecified atom stereocenters. The Morgan fingerprint density at radius 3 is 2.68 bits per heavy atom. The lowest BCUT2D eigenvalue weighted by Gasteiger charge is -2.31. The molecule has 0 bridgehead atoms. The molecular weight excluding hydrogens is 382 g/mol. The first kappa shape index (κ1) is 19.8. The highest BCUT2D eigenvalue weighted by molar-refractivity contribution is 6.30. The fraction of sp³-hybridized carbons (Fsp3) is 0.389. The van der Waals surface area contributed by atoms with Crippen molar-refractivity contribution in [2.24, 2.45) is 5.22 Å². The number of fused-ring (bicyclic) bond motifs is 1. The van der Waals surface area contributed by atoms with E-state index in [1.165, 1.54) is 0 Å². The highest BCUT2D eigenvalue weighted by Crippen LogP contribution is 2.30. The number of aromatic nitrogens is 2. The maximum atomic E-state index is 12.6. The van der Waals surface area contributed by atoms with Crippen molar-refractivity contribution in [1.29, 1.82) is 5.53 Å². The van der Waals surface area contributed by atoms with Gasteiger partial charge in [0.1, 0.15) is 5.69 Å². The molecule has 0 atom stereocenters. The van der Waals surface area contributed by atoms with Crippen LogP contribution in [0.4, 0.5) is 4.79 Å². The van der Waals surface area contributed by atoms with Gasteiger partial charge in [-0.05, 0) is 32.9 Å². The molecule has 10 heteroatoms. The highest BCUT2D eigenvalue weighted by atomic mass is 35.5. The first-order chi connectivity index (χ1) is 13.2. The van der Waals surface area contributed by atoms with Gasteiger partial charge in [0.15, 0.2) is 0 Å². The molecule has 1 aliphatic heterocycles. The Hall–Kier alpha value is -2.94. The lowest BCUT2D eigenvalue weighted by atomic mass is 10.0. The van der Waals surface area contributed by atoms with E-state index in [4.69, 9.17) is 17.1 Å². The van der Waals surface area contributed by atoms with Crippen molar-refractivity contribution in [3.05, 3.63) is 40.5 Å². The number of benzene rings is 1. The van der Waals surface area contributed by atoms with Gasteiger partial charge in [-0.3, -0.25) is 9.48 Å². The first-order valence-electron chi connectivity index (χ1n) is 8.79. The van der Waals surface area contributed by atoms with Crippen LogP contribution in [0, 0.1) is 5.53 Å². The van der Waals surface area contributed by atoms with E-state index in [9.17, 15) is 9.59 Å². The number of hydrogen-bond acceptors (Lipinski definition) is 5. The molecule has 28 heavy (non-hydrogen) atoms. The SMILES string of the molecule is CC(C)(C)NC(=O)N1CCn2nc(-c3cccc(Cl)c3)c(C(=O)NN=N)c2C1. The summed E-state index contributed by atoms with van der Waals surface area (Å²) in [5.41, 5.74) is 10.7. The first-order valence-corrected chi connectivity index (χ1v) is 9.17. The molecule has 2 aromatic rings. The Labute approximate surface area is 167 Å². The Balaban J connectivity index is 2.02. The van der Waals surface area contributed by atoms with Crippen LogP contribution >= 0.6 is 11.6 Å². The van der Waals surface area contributed by atoms with Crippen molar-refractivity contribution >= 4 is 23.5 Å². The van der Waals surface area contributed by atoms with Crippen LogP contribution in [-0.4, -0.2) is 38.7 Å². The number of nitrogens with zero attached hydrogens (tertiary/aromatic N) is 4. The normalized spacial score (nSPS) is 13.6. The van der Waals surface area contributed by atoms with Crippen LogP contribution in [0.2, 0.25) is 5.02 Å². The predicted molar refractivity (Wildman–Crippen MR) is 104 cm³/mol. The van der Waals surface area contributed by atoms with E-state index >= 15 is 0 Å². The fourth-order valence-corrected chi connectivity index (χ4v) is 3.26. The Bertz CT molecular complexity index is 933. The zero-order valence-corrected chi connectivity index (χ0v) is 16.7. The summed E-state index contributed by atoms with van der Waals surface area (Å²) in [7, 11) is 0. The molecule has 9 nitrogen and oxygen atoms in total. The lowest BCUT2D eigenvalue weighted by Crippen LogP contribution is -2.50. The lowest BCUT2D eigenvalue weighted by molar-refractivity contribution is 0.0947. The molecule has 0 spiro atoms. The van der Waals surface area contributed by atoms with E-state index in [0.29, 0.717) is 35.1 Å². The fourth-order valence-electron chi connectivity index (χ4n) is 3.07. The number of amides is 3. The largest absolute Gasteiger partial charge is 0.333 e. The summed E-state index contributed by atoms with van der Waals surface area (Å²) in [6.07, 6.45) is 0. The van der Waals surface area contributed by atoms with Gasteiger partial charge in [-0.1, -0.05) is 29.0 Å². The second-order valence-electron chi connectivity index (χ2n) is 7.56. The van der Waals surface area contributed by atoms with Crippen molar-refractivity contribution in [3.63, 3.8) is 0 Å². The second-order valence-corrected chi connectivity index (χ2v) is 7.99. The third kappa shape index (κ3) is 4.14. The number of urea groups is 1. The van der Waals surface area contributed by atoms with Gasteiger partial charge in [0.05, 0.1) is 24.3 Å². The molecule has 1 aromatic heterocycles. The zero-order valence-electron chi connectivity index (χ0n) is 15.9. The van der Waals surface area contributed by atoms with E-state index in [-0.39, 0.29) is 23.7 Å². The minimum atomic E-state index is -0.552. The van der Waals surface area contributed by atoms with Crippen molar-refractivity contribution < 1.29 is 9.59 Å². The van der Waals surface area contributed by atoms with E-state index in [1.54, 1.807) is 33.8 Å². The van der Waals surface area contributed by atoms with Crippen LogP contribution in [0.5, 0.6) is 0 Å². The van der Waals surface area contributed by atoms with E-state index in [2.05, 4.69) is 21.1 Å². The minimum absolute atomic E-state index is 0.208. The molecule has 3 N–H and O–H groups in total. The van der Waals surface area contributed by atoms with Crippen LogP contribution in [0.3, 0.4) is 0 Å². The van der Waals surface area contributed by atoms with E-state index in [0.717, 1.165) is 0 Å². The standard InChI is InChI=1S/C18H22ClN7O2/c1-18(2,3)21-17(28)25-7-8-26-13(10-25)14(16(27)22-24-20)15(23-26)11-5-4-6-12(19)9-11/h4-6,9H,7-8,10H2,1-3H3,(H,21,28)(H2,20,22,27). The summed E-state index contributed by atoms with van der Waals surface area (Å²) < 4.78 is 1.72. The van der Waals surface area contributed by atoms with Crippen LogP contribution in [-0.2, 0) is 13.1 Å². The van der Waals surface area contributed by atoms with Gasteiger partial charge in [-0.2, -0.15) is 10.6 Å². The molecule has 0 radical (unpaired) electrons. The molecule has 3 rings (SSSR count). The zero-order chi connectivity index (χ0) is 20.5. The summed E-state index contributed by atoms with van der Waals surface area (Å²) in [5, 5.41) is 11.0. The van der Waals surface area contributed by atoms with Gasteiger partial charge in [-0.25, -0.2) is 10.2 Å². The molecule has 1 aliphatic rings. The van der Waals surface area contributed by atoms with E-state index in [1.807, 2.05) is 20.8 Å². The van der Waals surface area contributed by atoms with Crippen molar-refractivity contribution in [2.75, 3.05) is 6.54 Å². The molecule has 148 valence electrons. The predicted octanol–water partition coefficient (Wildman–Crippen LogP) is 3.20. The van der Waals surface area contributed by atoms with Crippen LogP contribution in [0.25, 0.3) is 11.3 Å². The molecule has 0 aliphatic carbocycles. The monoisotopic (exact) mass is 403 g/mol. The number of nitrogens with one attached hydrogen (secondary N) is 3. The van der Waals surface area contributed by atoms with Crippen LogP contribution in [0.1, 0.15) is 36.8 Å². The molecule has 3 amide bonds. The number of carbonyl (C=O) groups excluding carboxylic acids is 2. The minimum Gasteiger partial charge on any atom is -0.333 e. The number of halogens is 1. The summed E-state index contributed by atoms with van der Waals surface area (Å²) in [4.78, 5) is 26.8. The third-order valence-electron chi connectivity index (χ3n) is 4.23. The van der Waals surface area contributed by atoms with E-state index < -0.39 is 5.91 Å². The average Bonchev–Trinajstić information content (AvgIpc) is 2.99. The number of rotatable bonds is 3. The van der Waals surface area contributed by atoms with Gasteiger partial charge in [0.25, 0.3) is 5.91 Å². The summed E-state index contributed by atoms with van der Waals surface area (Å²) in [6, 6.07) is 6.82. The van der Waals surface area contributed by atoms with Crippen LogP contribution < -0.4 is 10.7 Å². The average molecular weight is 404 g/mol. The molecular formula is C18H22ClN7O2. The molecule has 1 aromatic carbocycles.